The molecule has 0 aromatic heterocycles. The third kappa shape index (κ3) is 4.84. The molecule has 3 saturated heterocycles. The highest BCUT2D eigenvalue weighted by Gasteiger charge is 2.79. The first-order valence-electron chi connectivity index (χ1n) is 15.1. The molecule has 3 fully saturated rings. The lowest BCUT2D eigenvalue weighted by molar-refractivity contribution is -0.160. The number of fused-ring (bicyclic) bond motifs is 2. The standard InChI is InChI=1S/C34H42N2O6/c1-5-8-9-12-20-41-32(40)28-27-30(38)36(25(7-3)22-37)29(34(27)18-17-33(28,4)42-34)31(39)35(19-6-2)26-16-15-23-13-10-11-14-24(23)21-26/h5-6,10-11,13-16,21,25,27-29,37H,1-2,7-9,12,17-20,22H2,3-4H3/t25-,27-,28-,29?,33+,34?/m0/s1. The number of ether oxygens (including phenoxy) is 2. The summed E-state index contributed by atoms with van der Waals surface area (Å²) in [5, 5.41) is 12.4. The van der Waals surface area contributed by atoms with Gasteiger partial charge in [0.1, 0.15) is 17.6 Å². The van der Waals surface area contributed by atoms with Gasteiger partial charge in [0.05, 0.1) is 30.8 Å². The summed E-state index contributed by atoms with van der Waals surface area (Å²) in [6.45, 7) is 11.5. The zero-order chi connectivity index (χ0) is 30.1. The van der Waals surface area contributed by atoms with Gasteiger partial charge in [0, 0.05) is 12.2 Å². The first kappa shape index (κ1) is 30.0. The lowest BCUT2D eigenvalue weighted by Gasteiger charge is -2.39. The van der Waals surface area contributed by atoms with Crippen molar-refractivity contribution >= 4 is 34.2 Å². The number of aliphatic hydroxyl groups excluding tert-OH is 1. The SMILES string of the molecule is C=CCCCCOC(=O)[C@@H]1[C@H]2C(=O)N([C@@H](CC)CO)C(C(=O)N(CC=C)c3ccc4ccccc4c3)C23CC[C@@]1(C)O3. The fourth-order valence-electron chi connectivity index (χ4n) is 7.40. The molecule has 6 atom stereocenters. The van der Waals surface area contributed by atoms with E-state index in [1.54, 1.807) is 11.0 Å². The number of anilines is 1. The summed E-state index contributed by atoms with van der Waals surface area (Å²) in [7, 11) is 0. The minimum absolute atomic E-state index is 0.222. The van der Waals surface area contributed by atoms with Gasteiger partial charge in [0.15, 0.2) is 0 Å². The van der Waals surface area contributed by atoms with Crippen molar-refractivity contribution in [1.82, 2.24) is 4.90 Å². The van der Waals surface area contributed by atoms with Crippen LogP contribution in [0.2, 0.25) is 0 Å². The van der Waals surface area contributed by atoms with Crippen molar-refractivity contribution in [2.24, 2.45) is 11.8 Å². The van der Waals surface area contributed by atoms with Crippen LogP contribution >= 0.6 is 0 Å². The monoisotopic (exact) mass is 574 g/mol. The molecule has 8 nitrogen and oxygen atoms in total. The number of benzene rings is 2. The molecule has 2 unspecified atom stereocenters. The van der Waals surface area contributed by atoms with E-state index in [-0.39, 0.29) is 31.6 Å². The number of carbonyl (C=O) groups is 3. The van der Waals surface area contributed by atoms with Crippen LogP contribution in [-0.2, 0) is 23.9 Å². The van der Waals surface area contributed by atoms with Crippen LogP contribution in [0, 0.1) is 11.8 Å². The van der Waals surface area contributed by atoms with Crippen molar-refractivity contribution in [1.29, 1.82) is 0 Å². The molecule has 3 heterocycles. The lowest BCUT2D eigenvalue weighted by atomic mass is 9.66. The second-order valence-electron chi connectivity index (χ2n) is 11.9. The van der Waals surface area contributed by atoms with E-state index in [1.807, 2.05) is 62.4 Å². The molecule has 0 aliphatic carbocycles. The largest absolute Gasteiger partial charge is 0.465 e. The number of allylic oxidation sites excluding steroid dienone is 1. The van der Waals surface area contributed by atoms with Gasteiger partial charge in [-0.1, -0.05) is 49.4 Å². The molecule has 3 aliphatic heterocycles. The van der Waals surface area contributed by atoms with Crippen molar-refractivity contribution < 1.29 is 29.0 Å². The first-order chi connectivity index (χ1) is 20.3. The van der Waals surface area contributed by atoms with Gasteiger partial charge in [-0.05, 0) is 68.4 Å². The van der Waals surface area contributed by atoms with E-state index in [2.05, 4.69) is 13.2 Å². The van der Waals surface area contributed by atoms with Crippen LogP contribution < -0.4 is 4.90 Å². The maximum absolute atomic E-state index is 14.7. The molecular weight excluding hydrogens is 532 g/mol. The third-order valence-corrected chi connectivity index (χ3v) is 9.45. The van der Waals surface area contributed by atoms with E-state index < -0.39 is 41.1 Å². The Balaban J connectivity index is 1.53. The van der Waals surface area contributed by atoms with Crippen LogP contribution in [-0.4, -0.2) is 70.8 Å². The summed E-state index contributed by atoms with van der Waals surface area (Å²) in [5.74, 6) is -2.80. The normalized spacial score (nSPS) is 28.5. The number of nitrogens with zero attached hydrogens (tertiary/aromatic N) is 2. The van der Waals surface area contributed by atoms with Crippen molar-refractivity contribution in [2.75, 3.05) is 24.7 Å². The Kier molecular flexibility index (Phi) is 8.58. The minimum atomic E-state index is -1.20. The van der Waals surface area contributed by atoms with Gasteiger partial charge >= 0.3 is 5.97 Å². The molecule has 2 aromatic rings. The van der Waals surface area contributed by atoms with E-state index >= 15 is 0 Å². The molecule has 2 amide bonds. The Labute approximate surface area is 248 Å². The highest BCUT2D eigenvalue weighted by atomic mass is 16.6. The molecular formula is C34H42N2O6. The van der Waals surface area contributed by atoms with Crippen molar-refractivity contribution in [3.63, 3.8) is 0 Å². The predicted molar refractivity (Wildman–Crippen MR) is 162 cm³/mol. The molecule has 5 rings (SSSR count). The van der Waals surface area contributed by atoms with Gasteiger partial charge < -0.3 is 24.4 Å². The van der Waals surface area contributed by atoms with Crippen LogP contribution in [0.4, 0.5) is 5.69 Å². The summed E-state index contributed by atoms with van der Waals surface area (Å²) < 4.78 is 12.4. The molecule has 3 aliphatic rings. The minimum Gasteiger partial charge on any atom is -0.465 e. The van der Waals surface area contributed by atoms with E-state index in [4.69, 9.17) is 9.47 Å². The first-order valence-corrected chi connectivity index (χ1v) is 15.1. The van der Waals surface area contributed by atoms with Crippen molar-refractivity contribution in [3.05, 3.63) is 67.8 Å². The van der Waals surface area contributed by atoms with Gasteiger partial charge in [-0.2, -0.15) is 0 Å². The average molecular weight is 575 g/mol. The van der Waals surface area contributed by atoms with E-state index in [1.165, 1.54) is 4.90 Å². The Morgan fingerprint density at radius 2 is 1.93 bits per heavy atom. The Morgan fingerprint density at radius 3 is 2.62 bits per heavy atom. The predicted octanol–water partition coefficient (Wildman–Crippen LogP) is 4.79. The fraction of sp³-hybridized carbons (Fsp3) is 0.500. The molecule has 2 bridgehead atoms. The Bertz CT molecular complexity index is 1370. The van der Waals surface area contributed by atoms with Crippen LogP contribution in [0.25, 0.3) is 10.8 Å². The van der Waals surface area contributed by atoms with E-state index in [0.29, 0.717) is 31.4 Å². The molecule has 1 N–H and O–H groups in total. The fourth-order valence-corrected chi connectivity index (χ4v) is 7.40. The maximum Gasteiger partial charge on any atom is 0.312 e. The molecule has 224 valence electrons. The lowest BCUT2D eigenvalue weighted by Crippen LogP contribution is -2.59. The summed E-state index contributed by atoms with van der Waals surface area (Å²) in [6, 6.07) is 12.1. The van der Waals surface area contributed by atoms with Crippen molar-refractivity contribution in [2.45, 2.75) is 75.7 Å². The van der Waals surface area contributed by atoms with Crippen LogP contribution in [0.1, 0.15) is 52.4 Å². The second kappa shape index (κ2) is 12.0. The van der Waals surface area contributed by atoms with E-state index in [0.717, 1.165) is 23.6 Å². The number of likely N-dealkylation sites (tertiary alicyclic amines) is 1. The van der Waals surface area contributed by atoms with Gasteiger partial charge in [-0.15, -0.1) is 13.2 Å². The van der Waals surface area contributed by atoms with Gasteiger partial charge in [0.25, 0.3) is 5.91 Å². The molecule has 2 aromatic carbocycles. The quantitative estimate of drug-likeness (QED) is 0.210. The summed E-state index contributed by atoms with van der Waals surface area (Å²) in [4.78, 5) is 45.8. The molecule has 42 heavy (non-hydrogen) atoms. The zero-order valence-corrected chi connectivity index (χ0v) is 24.7. The number of rotatable bonds is 13. The zero-order valence-electron chi connectivity index (χ0n) is 24.7. The second-order valence-corrected chi connectivity index (χ2v) is 11.9. The number of esters is 1. The van der Waals surface area contributed by atoms with Crippen molar-refractivity contribution in [3.8, 4) is 0 Å². The molecule has 0 radical (unpaired) electrons. The summed E-state index contributed by atoms with van der Waals surface area (Å²) in [6.07, 6.45) is 7.31. The Morgan fingerprint density at radius 1 is 1.17 bits per heavy atom. The molecule has 0 saturated carbocycles. The highest BCUT2D eigenvalue weighted by molar-refractivity contribution is 6.05. The number of hydrogen-bond donors (Lipinski definition) is 1. The number of hydrogen-bond acceptors (Lipinski definition) is 6. The smallest absolute Gasteiger partial charge is 0.312 e. The summed E-state index contributed by atoms with van der Waals surface area (Å²) in [5.41, 5.74) is -1.44. The van der Waals surface area contributed by atoms with Gasteiger partial charge in [-0.3, -0.25) is 14.4 Å². The maximum atomic E-state index is 14.7. The van der Waals surface area contributed by atoms with Crippen LogP contribution in [0.5, 0.6) is 0 Å². The van der Waals surface area contributed by atoms with Crippen LogP contribution in [0.15, 0.2) is 67.8 Å². The molecule has 1 spiro atoms. The Hall–Kier alpha value is -3.49. The van der Waals surface area contributed by atoms with Crippen LogP contribution in [0.3, 0.4) is 0 Å². The molecule has 8 heteroatoms. The third-order valence-electron chi connectivity index (χ3n) is 9.45. The number of aliphatic hydroxyl groups is 1. The highest BCUT2D eigenvalue weighted by Crippen LogP contribution is 2.64. The van der Waals surface area contributed by atoms with Gasteiger partial charge in [-0.25, -0.2) is 0 Å². The number of carbonyl (C=O) groups excluding carboxylic acids is 3. The van der Waals surface area contributed by atoms with E-state index in [9.17, 15) is 19.5 Å². The average Bonchev–Trinajstić information content (AvgIpc) is 3.56. The number of unbranched alkanes of at least 4 members (excludes halogenated alkanes) is 2. The van der Waals surface area contributed by atoms with Gasteiger partial charge in [0.2, 0.25) is 5.91 Å². The topological polar surface area (TPSA) is 96.4 Å². The summed E-state index contributed by atoms with van der Waals surface area (Å²) >= 11 is 0. The number of amides is 2.